The van der Waals surface area contributed by atoms with E-state index in [1.807, 2.05) is 28.7 Å². The number of ether oxygens (including phenoxy) is 1. The van der Waals surface area contributed by atoms with Crippen molar-refractivity contribution in [2.45, 2.75) is 0 Å². The molecule has 2 amide bonds. The summed E-state index contributed by atoms with van der Waals surface area (Å²) in [5, 5.41) is 0.768. The molecule has 0 aliphatic rings. The molecule has 5 nitrogen and oxygen atoms in total. The van der Waals surface area contributed by atoms with Gasteiger partial charge in [-0.3, -0.25) is 20.4 Å². The number of hydrogen-bond donors (Lipinski definition) is 2. The predicted octanol–water partition coefficient (Wildman–Crippen LogP) is 3.44. The lowest BCUT2D eigenvalue weighted by Gasteiger charge is -2.10. The molecule has 0 saturated carbocycles. The third kappa shape index (κ3) is 5.26. The van der Waals surface area contributed by atoms with Crippen molar-refractivity contribution in [1.29, 1.82) is 0 Å². The highest BCUT2D eigenvalue weighted by atomic mass is 127. The lowest BCUT2D eigenvalue weighted by molar-refractivity contribution is -0.123. The second-order valence-corrected chi connectivity index (χ2v) is 6.35. The van der Waals surface area contributed by atoms with E-state index in [9.17, 15) is 9.59 Å². The number of carbonyl (C=O) groups is 2. The van der Waals surface area contributed by atoms with Gasteiger partial charge in [0.05, 0.1) is 10.6 Å². The van der Waals surface area contributed by atoms with E-state index in [0.29, 0.717) is 21.4 Å². The van der Waals surface area contributed by atoms with Crippen LogP contribution >= 0.6 is 45.8 Å². The minimum absolute atomic E-state index is 0.298. The average molecular weight is 465 g/mol. The zero-order valence-corrected chi connectivity index (χ0v) is 15.3. The maximum absolute atomic E-state index is 11.9. The number of amides is 2. The fourth-order valence-electron chi connectivity index (χ4n) is 1.61. The van der Waals surface area contributed by atoms with E-state index in [0.717, 1.165) is 3.57 Å². The lowest BCUT2D eigenvalue weighted by atomic mass is 10.2. The molecule has 8 heteroatoms. The molecule has 0 heterocycles. The number of hydrazine groups is 1. The van der Waals surface area contributed by atoms with Gasteiger partial charge in [0.2, 0.25) is 0 Å². The zero-order valence-electron chi connectivity index (χ0n) is 11.6. The number of nitrogens with one attached hydrogen (secondary N) is 2. The van der Waals surface area contributed by atoms with Crippen molar-refractivity contribution in [1.82, 2.24) is 10.9 Å². The maximum atomic E-state index is 11.9. The first-order valence-electron chi connectivity index (χ1n) is 6.39. The molecule has 120 valence electrons. The molecule has 2 rings (SSSR count). The second kappa shape index (κ2) is 8.37. The van der Waals surface area contributed by atoms with Crippen LogP contribution in [0.25, 0.3) is 0 Å². The molecular weight excluding hydrogens is 454 g/mol. The van der Waals surface area contributed by atoms with Gasteiger partial charge in [-0.25, -0.2) is 0 Å². The smallest absolute Gasteiger partial charge is 0.276 e. The molecule has 0 radical (unpaired) electrons. The number of hydrogen-bond acceptors (Lipinski definition) is 3. The summed E-state index contributed by atoms with van der Waals surface area (Å²) in [6, 6.07) is 11.7. The van der Waals surface area contributed by atoms with Crippen LogP contribution in [0.2, 0.25) is 10.0 Å². The molecule has 0 unspecified atom stereocenters. The van der Waals surface area contributed by atoms with Gasteiger partial charge in [-0.15, -0.1) is 0 Å². The maximum Gasteiger partial charge on any atom is 0.276 e. The highest BCUT2D eigenvalue weighted by Crippen LogP contribution is 2.27. The van der Waals surface area contributed by atoms with Crippen molar-refractivity contribution in [2.24, 2.45) is 0 Å². The van der Waals surface area contributed by atoms with Crippen molar-refractivity contribution in [2.75, 3.05) is 6.61 Å². The minimum Gasteiger partial charge on any atom is -0.482 e. The summed E-state index contributed by atoms with van der Waals surface area (Å²) in [6.45, 7) is -0.298. The Morgan fingerprint density at radius 2 is 1.83 bits per heavy atom. The molecule has 0 atom stereocenters. The van der Waals surface area contributed by atoms with Crippen molar-refractivity contribution >= 4 is 57.6 Å². The summed E-state index contributed by atoms with van der Waals surface area (Å²) in [5.74, 6) is -0.599. The molecule has 0 spiro atoms. The Morgan fingerprint density at radius 3 is 2.52 bits per heavy atom. The highest BCUT2D eigenvalue weighted by molar-refractivity contribution is 14.1. The molecule has 0 fully saturated rings. The largest absolute Gasteiger partial charge is 0.482 e. The topological polar surface area (TPSA) is 67.4 Å². The molecule has 2 N–H and O–H groups in total. The summed E-state index contributed by atoms with van der Waals surface area (Å²) in [5.41, 5.74) is 5.06. The second-order valence-electron chi connectivity index (χ2n) is 4.35. The average Bonchev–Trinajstić information content (AvgIpc) is 2.52. The van der Waals surface area contributed by atoms with Crippen LogP contribution in [0, 0.1) is 3.57 Å². The Bertz CT molecular complexity index is 740. The van der Waals surface area contributed by atoms with Crippen LogP contribution in [0.3, 0.4) is 0 Å². The van der Waals surface area contributed by atoms with E-state index in [1.54, 1.807) is 30.3 Å². The van der Waals surface area contributed by atoms with Crippen molar-refractivity contribution in [3.8, 4) is 5.75 Å². The summed E-state index contributed by atoms with van der Waals surface area (Å²) in [7, 11) is 0. The molecule has 2 aromatic rings. The molecule has 0 aliphatic heterocycles. The first-order valence-corrected chi connectivity index (χ1v) is 8.22. The summed E-state index contributed by atoms with van der Waals surface area (Å²) < 4.78 is 6.04. The predicted molar refractivity (Wildman–Crippen MR) is 96.7 cm³/mol. The van der Waals surface area contributed by atoms with Gasteiger partial charge in [-0.05, 0) is 52.9 Å². The molecule has 0 saturated heterocycles. The Labute approximate surface area is 156 Å². The molecule has 2 aromatic carbocycles. The van der Waals surface area contributed by atoms with Gasteiger partial charge in [-0.2, -0.15) is 0 Å². The van der Waals surface area contributed by atoms with Gasteiger partial charge in [-0.1, -0.05) is 35.3 Å². The molecule has 0 aromatic heterocycles. The van der Waals surface area contributed by atoms with E-state index < -0.39 is 11.8 Å². The third-order valence-electron chi connectivity index (χ3n) is 2.69. The van der Waals surface area contributed by atoms with Crippen LogP contribution in [-0.2, 0) is 4.79 Å². The Hall–Kier alpha value is -1.51. The van der Waals surface area contributed by atoms with Gasteiger partial charge in [0, 0.05) is 8.59 Å². The molecule has 0 bridgehead atoms. The van der Waals surface area contributed by atoms with E-state index in [1.165, 1.54) is 6.07 Å². The first kappa shape index (κ1) is 17.8. The summed E-state index contributed by atoms with van der Waals surface area (Å²) >= 11 is 13.7. The van der Waals surface area contributed by atoms with Gasteiger partial charge in [0.15, 0.2) is 6.61 Å². The molecule has 0 aliphatic carbocycles. The van der Waals surface area contributed by atoms with Crippen molar-refractivity contribution in [3.05, 3.63) is 61.6 Å². The monoisotopic (exact) mass is 464 g/mol. The van der Waals surface area contributed by atoms with Crippen LogP contribution in [0.15, 0.2) is 42.5 Å². The zero-order chi connectivity index (χ0) is 16.8. The SMILES string of the molecule is O=C(COc1ccc(Cl)cc1Cl)NNC(=O)c1ccccc1I. The van der Waals surface area contributed by atoms with E-state index in [2.05, 4.69) is 10.9 Å². The Morgan fingerprint density at radius 1 is 1.09 bits per heavy atom. The lowest BCUT2D eigenvalue weighted by Crippen LogP contribution is -2.44. The number of benzene rings is 2. The first-order chi connectivity index (χ1) is 11.0. The van der Waals surface area contributed by atoms with Gasteiger partial charge in [0.25, 0.3) is 11.8 Å². The van der Waals surface area contributed by atoms with E-state index >= 15 is 0 Å². The fourth-order valence-corrected chi connectivity index (χ4v) is 2.71. The minimum atomic E-state index is -0.518. The Balaban J connectivity index is 1.83. The fraction of sp³-hybridized carbons (Fsp3) is 0.0667. The van der Waals surface area contributed by atoms with E-state index in [-0.39, 0.29) is 6.61 Å². The standard InChI is InChI=1S/C15H11Cl2IN2O3/c16-9-5-6-13(11(17)7-9)23-8-14(21)19-20-15(22)10-3-1-2-4-12(10)18/h1-7H,8H2,(H,19,21)(H,20,22). The summed E-state index contributed by atoms with van der Waals surface area (Å²) in [6.07, 6.45) is 0. The highest BCUT2D eigenvalue weighted by Gasteiger charge is 2.11. The van der Waals surface area contributed by atoms with E-state index in [4.69, 9.17) is 27.9 Å². The normalized spacial score (nSPS) is 10.0. The van der Waals surface area contributed by atoms with Gasteiger partial charge < -0.3 is 4.74 Å². The van der Waals surface area contributed by atoms with Crippen molar-refractivity contribution in [3.63, 3.8) is 0 Å². The van der Waals surface area contributed by atoms with Crippen LogP contribution in [0.4, 0.5) is 0 Å². The third-order valence-corrected chi connectivity index (χ3v) is 4.16. The summed E-state index contributed by atoms with van der Waals surface area (Å²) in [4.78, 5) is 23.6. The Kier molecular flexibility index (Phi) is 6.49. The van der Waals surface area contributed by atoms with Crippen molar-refractivity contribution < 1.29 is 14.3 Å². The van der Waals surface area contributed by atoms with Crippen LogP contribution in [0.5, 0.6) is 5.75 Å². The molecule has 23 heavy (non-hydrogen) atoms. The van der Waals surface area contributed by atoms with Gasteiger partial charge in [0.1, 0.15) is 5.75 Å². The van der Waals surface area contributed by atoms with Gasteiger partial charge >= 0.3 is 0 Å². The van der Waals surface area contributed by atoms with Crippen LogP contribution in [0.1, 0.15) is 10.4 Å². The number of halogens is 3. The number of rotatable bonds is 4. The number of carbonyl (C=O) groups excluding carboxylic acids is 2. The van der Waals surface area contributed by atoms with Crippen LogP contribution in [-0.4, -0.2) is 18.4 Å². The molecular formula is C15H11Cl2IN2O3. The quantitative estimate of drug-likeness (QED) is 0.538. The van der Waals surface area contributed by atoms with Crippen LogP contribution < -0.4 is 15.6 Å².